The number of hydrogen-bond donors (Lipinski definition) is 2. The molecule has 1 aromatic carbocycles. The molecule has 0 unspecified atom stereocenters. The van der Waals surface area contributed by atoms with Gasteiger partial charge >= 0.3 is 0 Å². The molecule has 25 heavy (non-hydrogen) atoms. The number of carbonyl (C=O) groups excluding carboxylic acids is 1. The van der Waals surface area contributed by atoms with E-state index >= 15 is 0 Å². The first-order valence-corrected chi connectivity index (χ1v) is 7.74. The maximum atomic E-state index is 12.4. The van der Waals surface area contributed by atoms with Gasteiger partial charge in [-0.1, -0.05) is 11.6 Å². The molecule has 0 bridgehead atoms. The van der Waals surface area contributed by atoms with Crippen molar-refractivity contribution >= 4 is 29.1 Å². The number of nitrogens with one attached hydrogen (secondary N) is 2. The van der Waals surface area contributed by atoms with Crippen LogP contribution in [0.5, 0.6) is 11.5 Å². The molecule has 0 radical (unpaired) electrons. The third-order valence-corrected chi connectivity index (χ3v) is 3.52. The Kier molecular flexibility index (Phi) is 6.79. The van der Waals surface area contributed by atoms with E-state index in [-0.39, 0.29) is 5.91 Å². The van der Waals surface area contributed by atoms with Gasteiger partial charge < -0.3 is 24.8 Å². The molecular formula is C16H19ClN4O4. The first kappa shape index (κ1) is 18.8. The number of halogens is 1. The Morgan fingerprint density at radius 1 is 1.12 bits per heavy atom. The van der Waals surface area contributed by atoms with Crippen molar-refractivity contribution in [3.63, 3.8) is 0 Å². The van der Waals surface area contributed by atoms with Crippen LogP contribution in [0.1, 0.15) is 10.4 Å². The molecule has 0 saturated carbocycles. The van der Waals surface area contributed by atoms with Crippen molar-refractivity contribution in [1.29, 1.82) is 0 Å². The lowest BCUT2D eigenvalue weighted by atomic mass is 10.2. The van der Waals surface area contributed by atoms with Crippen LogP contribution in [-0.2, 0) is 4.74 Å². The van der Waals surface area contributed by atoms with Crippen molar-refractivity contribution in [3.05, 3.63) is 35.1 Å². The van der Waals surface area contributed by atoms with Crippen molar-refractivity contribution in [1.82, 2.24) is 9.97 Å². The van der Waals surface area contributed by atoms with Gasteiger partial charge in [-0.2, -0.15) is 0 Å². The number of anilines is 2. The SMILES string of the molecule is COCCNc1ncc(C(=O)Nc2cc(OC)c(Cl)cc2OC)cn1. The molecule has 1 heterocycles. The van der Waals surface area contributed by atoms with Gasteiger partial charge in [0.1, 0.15) is 11.5 Å². The smallest absolute Gasteiger partial charge is 0.258 e. The van der Waals surface area contributed by atoms with Gasteiger partial charge in [-0.05, 0) is 0 Å². The molecule has 2 aromatic rings. The van der Waals surface area contributed by atoms with Crippen LogP contribution in [-0.4, -0.2) is 50.4 Å². The quantitative estimate of drug-likeness (QED) is 0.693. The van der Waals surface area contributed by atoms with E-state index in [1.807, 2.05) is 0 Å². The summed E-state index contributed by atoms with van der Waals surface area (Å²) in [7, 11) is 4.58. The van der Waals surface area contributed by atoms with E-state index in [0.717, 1.165) is 0 Å². The molecule has 0 atom stereocenters. The fourth-order valence-corrected chi connectivity index (χ4v) is 2.18. The maximum absolute atomic E-state index is 12.4. The molecule has 0 aliphatic rings. The Hall–Kier alpha value is -2.58. The van der Waals surface area contributed by atoms with Crippen LogP contribution in [0.15, 0.2) is 24.5 Å². The van der Waals surface area contributed by atoms with Crippen LogP contribution in [0.2, 0.25) is 5.02 Å². The highest BCUT2D eigenvalue weighted by molar-refractivity contribution is 6.32. The van der Waals surface area contributed by atoms with E-state index in [1.54, 1.807) is 19.2 Å². The van der Waals surface area contributed by atoms with Gasteiger partial charge in [0.2, 0.25) is 5.95 Å². The van der Waals surface area contributed by atoms with Crippen LogP contribution in [0, 0.1) is 0 Å². The van der Waals surface area contributed by atoms with Crippen molar-refractivity contribution < 1.29 is 19.0 Å². The largest absolute Gasteiger partial charge is 0.495 e. The first-order chi connectivity index (χ1) is 12.1. The first-order valence-electron chi connectivity index (χ1n) is 7.36. The lowest BCUT2D eigenvalue weighted by Gasteiger charge is -2.13. The average Bonchev–Trinajstić information content (AvgIpc) is 2.63. The topological polar surface area (TPSA) is 94.6 Å². The Bertz CT molecular complexity index is 725. The summed E-state index contributed by atoms with van der Waals surface area (Å²) < 4.78 is 15.3. The molecule has 8 nitrogen and oxygen atoms in total. The number of hydrogen-bond acceptors (Lipinski definition) is 7. The summed E-state index contributed by atoms with van der Waals surface area (Å²) in [5, 5.41) is 6.08. The molecule has 9 heteroatoms. The Balaban J connectivity index is 2.11. The number of methoxy groups -OCH3 is 3. The fourth-order valence-electron chi connectivity index (χ4n) is 1.95. The normalized spacial score (nSPS) is 10.2. The van der Waals surface area contributed by atoms with Gasteiger partial charge in [0, 0.05) is 38.2 Å². The standard InChI is InChI=1S/C16H19ClN4O4/c1-23-5-4-18-16-19-8-10(9-20-16)15(22)21-12-7-13(24-2)11(17)6-14(12)25-3/h6-9H,4-5H2,1-3H3,(H,21,22)(H,18,19,20). The van der Waals surface area contributed by atoms with Crippen molar-refractivity contribution in [3.8, 4) is 11.5 Å². The summed E-state index contributed by atoms with van der Waals surface area (Å²) in [6.07, 6.45) is 2.86. The average molecular weight is 367 g/mol. The summed E-state index contributed by atoms with van der Waals surface area (Å²) in [6, 6.07) is 3.15. The summed E-state index contributed by atoms with van der Waals surface area (Å²) in [6.45, 7) is 1.10. The van der Waals surface area contributed by atoms with Crippen molar-refractivity contribution in [2.75, 3.05) is 45.1 Å². The molecule has 0 fully saturated rings. The van der Waals surface area contributed by atoms with Crippen LogP contribution in [0.3, 0.4) is 0 Å². The van der Waals surface area contributed by atoms with E-state index in [0.29, 0.717) is 46.9 Å². The maximum Gasteiger partial charge on any atom is 0.258 e. The highest BCUT2D eigenvalue weighted by Crippen LogP contribution is 2.36. The molecule has 0 spiro atoms. The molecule has 1 amide bonds. The minimum atomic E-state index is -0.383. The Labute approximate surface area is 150 Å². The number of benzene rings is 1. The van der Waals surface area contributed by atoms with E-state index < -0.39 is 0 Å². The van der Waals surface area contributed by atoms with Gasteiger partial charge in [0.05, 0.1) is 37.1 Å². The second kappa shape index (κ2) is 9.05. The number of ether oxygens (including phenoxy) is 3. The van der Waals surface area contributed by atoms with Gasteiger partial charge in [0.25, 0.3) is 5.91 Å². The fraction of sp³-hybridized carbons (Fsp3) is 0.312. The lowest BCUT2D eigenvalue weighted by Crippen LogP contribution is -2.15. The Morgan fingerprint density at radius 2 is 1.80 bits per heavy atom. The zero-order valence-electron chi connectivity index (χ0n) is 14.1. The van der Waals surface area contributed by atoms with E-state index in [2.05, 4.69) is 20.6 Å². The predicted octanol–water partition coefficient (Wildman–Crippen LogP) is 2.46. The van der Waals surface area contributed by atoms with Crippen molar-refractivity contribution in [2.45, 2.75) is 0 Å². The minimum absolute atomic E-state index is 0.299. The number of nitrogens with zero attached hydrogens (tertiary/aromatic N) is 2. The van der Waals surface area contributed by atoms with Crippen LogP contribution < -0.4 is 20.1 Å². The monoisotopic (exact) mass is 366 g/mol. The van der Waals surface area contributed by atoms with E-state index in [4.69, 9.17) is 25.8 Å². The summed E-state index contributed by atoms with van der Waals surface area (Å²) in [5.41, 5.74) is 0.726. The van der Waals surface area contributed by atoms with Gasteiger partial charge in [0.15, 0.2) is 0 Å². The highest BCUT2D eigenvalue weighted by Gasteiger charge is 2.14. The highest BCUT2D eigenvalue weighted by atomic mass is 35.5. The van der Waals surface area contributed by atoms with Gasteiger partial charge in [-0.15, -0.1) is 0 Å². The number of carbonyl (C=O) groups is 1. The zero-order valence-corrected chi connectivity index (χ0v) is 14.9. The lowest BCUT2D eigenvalue weighted by molar-refractivity contribution is 0.102. The molecule has 0 saturated heterocycles. The van der Waals surface area contributed by atoms with Gasteiger partial charge in [-0.25, -0.2) is 9.97 Å². The second-order valence-electron chi connectivity index (χ2n) is 4.86. The summed E-state index contributed by atoms with van der Waals surface area (Å²) in [4.78, 5) is 20.6. The summed E-state index contributed by atoms with van der Waals surface area (Å²) in [5.74, 6) is 0.870. The number of rotatable bonds is 8. The third-order valence-electron chi connectivity index (χ3n) is 3.23. The summed E-state index contributed by atoms with van der Waals surface area (Å²) >= 11 is 6.05. The third kappa shape index (κ3) is 4.94. The van der Waals surface area contributed by atoms with Crippen LogP contribution >= 0.6 is 11.6 Å². The molecule has 2 rings (SSSR count). The van der Waals surface area contributed by atoms with E-state index in [1.165, 1.54) is 26.6 Å². The second-order valence-corrected chi connectivity index (χ2v) is 5.26. The van der Waals surface area contributed by atoms with E-state index in [9.17, 15) is 4.79 Å². The van der Waals surface area contributed by atoms with Crippen LogP contribution in [0.25, 0.3) is 0 Å². The predicted molar refractivity (Wildman–Crippen MR) is 94.9 cm³/mol. The molecule has 1 aromatic heterocycles. The number of amides is 1. The molecule has 0 aliphatic heterocycles. The Morgan fingerprint density at radius 3 is 2.40 bits per heavy atom. The molecule has 0 aliphatic carbocycles. The van der Waals surface area contributed by atoms with Crippen LogP contribution in [0.4, 0.5) is 11.6 Å². The minimum Gasteiger partial charge on any atom is -0.495 e. The molecular weight excluding hydrogens is 348 g/mol. The van der Waals surface area contributed by atoms with Gasteiger partial charge in [-0.3, -0.25) is 4.79 Å². The molecule has 134 valence electrons. The van der Waals surface area contributed by atoms with Crippen molar-refractivity contribution in [2.24, 2.45) is 0 Å². The zero-order chi connectivity index (χ0) is 18.2. The number of aromatic nitrogens is 2. The molecule has 2 N–H and O–H groups in total.